The number of hydrogen-bond acceptors (Lipinski definition) is 4. The monoisotopic (exact) mass is 327 g/mol. The third-order valence-corrected chi connectivity index (χ3v) is 3.94. The summed E-state index contributed by atoms with van der Waals surface area (Å²) in [7, 11) is 1.79. The first-order valence-electron chi connectivity index (χ1n) is 8.92. The number of nitrogens with one attached hydrogen (secondary N) is 1. The molecule has 0 spiro atoms. The van der Waals surface area contributed by atoms with E-state index in [2.05, 4.69) is 22.1 Å². The fourth-order valence-electron chi connectivity index (χ4n) is 2.68. The normalized spacial score (nSPS) is 18.8. The molecule has 0 aromatic rings. The molecule has 0 aromatic carbocycles. The number of guanidine groups is 1. The van der Waals surface area contributed by atoms with Gasteiger partial charge in [-0.15, -0.1) is 0 Å². The third-order valence-electron chi connectivity index (χ3n) is 3.94. The van der Waals surface area contributed by atoms with Crippen LogP contribution in [-0.2, 0) is 14.3 Å². The molecule has 1 heterocycles. The highest BCUT2D eigenvalue weighted by molar-refractivity contribution is 5.81. The second-order valence-corrected chi connectivity index (χ2v) is 5.83. The molecule has 1 aliphatic heterocycles. The summed E-state index contributed by atoms with van der Waals surface area (Å²) in [5.41, 5.74) is 0. The van der Waals surface area contributed by atoms with Gasteiger partial charge >= 0.3 is 5.97 Å². The number of carbonyl (C=O) groups is 1. The van der Waals surface area contributed by atoms with E-state index in [-0.39, 0.29) is 11.9 Å². The minimum absolute atomic E-state index is 0.0420. The van der Waals surface area contributed by atoms with Gasteiger partial charge in [0.2, 0.25) is 0 Å². The maximum atomic E-state index is 11.9. The number of ether oxygens (including phenoxy) is 2. The minimum Gasteiger partial charge on any atom is -0.466 e. The zero-order chi connectivity index (χ0) is 16.9. The van der Waals surface area contributed by atoms with Crippen LogP contribution in [0.1, 0.15) is 46.0 Å². The summed E-state index contributed by atoms with van der Waals surface area (Å²) >= 11 is 0. The Bertz CT molecular complexity index is 361. The molecule has 6 heteroatoms. The van der Waals surface area contributed by atoms with Gasteiger partial charge in [0.05, 0.1) is 12.5 Å². The average molecular weight is 327 g/mol. The molecule has 1 rings (SSSR count). The Labute approximate surface area is 140 Å². The van der Waals surface area contributed by atoms with Crippen LogP contribution in [0.4, 0.5) is 0 Å². The first-order valence-corrected chi connectivity index (χ1v) is 8.92. The first kappa shape index (κ1) is 19.7. The standard InChI is InChI=1S/C17H33N3O3/c1-4-6-12-22-13-8-10-19-17(18-3)20-11-7-9-15(14-20)16(21)23-5-2/h15H,4-14H2,1-3H3,(H,18,19). The van der Waals surface area contributed by atoms with Crippen LogP contribution in [0, 0.1) is 5.92 Å². The van der Waals surface area contributed by atoms with Crippen molar-refractivity contribution in [1.82, 2.24) is 10.2 Å². The van der Waals surface area contributed by atoms with E-state index in [1.165, 1.54) is 6.42 Å². The van der Waals surface area contributed by atoms with E-state index in [9.17, 15) is 4.79 Å². The molecule has 6 nitrogen and oxygen atoms in total. The second-order valence-electron chi connectivity index (χ2n) is 5.83. The maximum absolute atomic E-state index is 11.9. The lowest BCUT2D eigenvalue weighted by Gasteiger charge is -2.33. The van der Waals surface area contributed by atoms with Crippen molar-refractivity contribution >= 4 is 11.9 Å². The van der Waals surface area contributed by atoms with Crippen LogP contribution in [0.5, 0.6) is 0 Å². The average Bonchev–Trinajstić information content (AvgIpc) is 2.58. The van der Waals surface area contributed by atoms with Gasteiger partial charge in [-0.25, -0.2) is 0 Å². The Morgan fingerprint density at radius 1 is 1.30 bits per heavy atom. The molecule has 1 fully saturated rings. The zero-order valence-corrected chi connectivity index (χ0v) is 15.0. The Morgan fingerprint density at radius 3 is 2.78 bits per heavy atom. The lowest BCUT2D eigenvalue weighted by molar-refractivity contribution is -0.149. The van der Waals surface area contributed by atoms with Crippen molar-refractivity contribution in [2.75, 3.05) is 46.5 Å². The molecule has 1 saturated heterocycles. The van der Waals surface area contributed by atoms with E-state index in [1.54, 1.807) is 7.05 Å². The summed E-state index contributed by atoms with van der Waals surface area (Å²) in [6.45, 7) is 8.53. The summed E-state index contributed by atoms with van der Waals surface area (Å²) in [4.78, 5) is 18.4. The van der Waals surface area contributed by atoms with Gasteiger partial charge in [0, 0.05) is 39.9 Å². The van der Waals surface area contributed by atoms with Gasteiger partial charge in [-0.1, -0.05) is 13.3 Å². The highest BCUT2D eigenvalue weighted by Crippen LogP contribution is 2.18. The molecule has 1 unspecified atom stereocenters. The lowest BCUT2D eigenvalue weighted by atomic mass is 9.98. The first-order chi connectivity index (χ1) is 11.2. The van der Waals surface area contributed by atoms with Crippen molar-refractivity contribution in [2.24, 2.45) is 10.9 Å². The number of hydrogen-bond donors (Lipinski definition) is 1. The van der Waals surface area contributed by atoms with Crippen LogP contribution >= 0.6 is 0 Å². The van der Waals surface area contributed by atoms with Gasteiger partial charge in [0.15, 0.2) is 5.96 Å². The molecule has 134 valence electrons. The fraction of sp³-hybridized carbons (Fsp3) is 0.882. The second kappa shape index (κ2) is 12.2. The number of unbranched alkanes of at least 4 members (excludes halogenated alkanes) is 1. The predicted molar refractivity (Wildman–Crippen MR) is 92.6 cm³/mol. The van der Waals surface area contributed by atoms with Crippen molar-refractivity contribution < 1.29 is 14.3 Å². The Hall–Kier alpha value is -1.30. The van der Waals surface area contributed by atoms with E-state index in [4.69, 9.17) is 9.47 Å². The summed E-state index contributed by atoms with van der Waals surface area (Å²) in [5.74, 6) is 0.740. The van der Waals surface area contributed by atoms with Gasteiger partial charge < -0.3 is 19.7 Å². The smallest absolute Gasteiger partial charge is 0.310 e. The number of piperidine rings is 1. The largest absolute Gasteiger partial charge is 0.466 e. The Balaban J connectivity index is 2.29. The van der Waals surface area contributed by atoms with Crippen LogP contribution in [0.3, 0.4) is 0 Å². The number of nitrogens with zero attached hydrogens (tertiary/aromatic N) is 2. The van der Waals surface area contributed by atoms with Crippen LogP contribution in [0.15, 0.2) is 4.99 Å². The predicted octanol–water partition coefficient (Wildman–Crippen LogP) is 2.04. The molecular weight excluding hydrogens is 294 g/mol. The molecule has 0 saturated carbocycles. The van der Waals surface area contributed by atoms with Crippen molar-refractivity contribution in [2.45, 2.75) is 46.0 Å². The Morgan fingerprint density at radius 2 is 2.09 bits per heavy atom. The molecule has 1 aliphatic rings. The van der Waals surface area contributed by atoms with Crippen molar-refractivity contribution in [3.05, 3.63) is 0 Å². The number of aliphatic imine (C=N–C) groups is 1. The lowest BCUT2D eigenvalue weighted by Crippen LogP contribution is -2.48. The third kappa shape index (κ3) is 7.68. The molecule has 0 aliphatic carbocycles. The summed E-state index contributed by atoms with van der Waals surface area (Å²) in [6.07, 6.45) is 5.14. The van der Waals surface area contributed by atoms with Crippen LogP contribution in [-0.4, -0.2) is 63.3 Å². The summed E-state index contributed by atoms with van der Waals surface area (Å²) < 4.78 is 10.7. The summed E-state index contributed by atoms with van der Waals surface area (Å²) in [5, 5.41) is 3.37. The molecule has 0 aromatic heterocycles. The number of rotatable bonds is 9. The van der Waals surface area contributed by atoms with Crippen LogP contribution < -0.4 is 5.32 Å². The molecule has 0 radical (unpaired) electrons. The SMILES string of the molecule is CCCCOCCCNC(=NC)N1CCCC(C(=O)OCC)C1. The van der Waals surface area contributed by atoms with Gasteiger partial charge in [0.1, 0.15) is 0 Å². The highest BCUT2D eigenvalue weighted by Gasteiger charge is 2.28. The molecule has 1 atom stereocenters. The highest BCUT2D eigenvalue weighted by atomic mass is 16.5. The van der Waals surface area contributed by atoms with Crippen LogP contribution in [0.2, 0.25) is 0 Å². The van der Waals surface area contributed by atoms with Crippen molar-refractivity contribution in [3.63, 3.8) is 0 Å². The maximum Gasteiger partial charge on any atom is 0.310 e. The van der Waals surface area contributed by atoms with E-state index < -0.39 is 0 Å². The number of esters is 1. The van der Waals surface area contributed by atoms with Gasteiger partial charge in [-0.05, 0) is 32.6 Å². The van der Waals surface area contributed by atoms with Gasteiger partial charge in [-0.2, -0.15) is 0 Å². The van der Waals surface area contributed by atoms with Gasteiger partial charge in [-0.3, -0.25) is 9.79 Å². The van der Waals surface area contributed by atoms with E-state index in [0.29, 0.717) is 13.2 Å². The van der Waals surface area contributed by atoms with E-state index >= 15 is 0 Å². The Kier molecular flexibility index (Phi) is 10.4. The minimum atomic E-state index is -0.0861. The molecule has 1 N–H and O–H groups in total. The molecule has 23 heavy (non-hydrogen) atoms. The molecule has 0 bridgehead atoms. The van der Waals surface area contributed by atoms with Crippen molar-refractivity contribution in [3.8, 4) is 0 Å². The fourth-order valence-corrected chi connectivity index (χ4v) is 2.68. The zero-order valence-electron chi connectivity index (χ0n) is 15.0. The van der Waals surface area contributed by atoms with Crippen molar-refractivity contribution in [1.29, 1.82) is 0 Å². The van der Waals surface area contributed by atoms with E-state index in [0.717, 1.165) is 57.9 Å². The topological polar surface area (TPSA) is 63.2 Å². The molecule has 0 amide bonds. The number of carbonyl (C=O) groups excluding carboxylic acids is 1. The molecular formula is C17H33N3O3. The van der Waals surface area contributed by atoms with E-state index in [1.807, 2.05) is 6.92 Å². The number of likely N-dealkylation sites (tertiary alicyclic amines) is 1. The van der Waals surface area contributed by atoms with Gasteiger partial charge in [0.25, 0.3) is 0 Å². The quantitative estimate of drug-likeness (QED) is 0.304. The summed E-state index contributed by atoms with van der Waals surface area (Å²) in [6, 6.07) is 0. The van der Waals surface area contributed by atoms with Crippen LogP contribution in [0.25, 0.3) is 0 Å².